The van der Waals surface area contributed by atoms with Crippen LogP contribution in [0.4, 0.5) is 0 Å². The van der Waals surface area contributed by atoms with Crippen LogP contribution in [0.5, 0.6) is 0 Å². The molecule has 0 amide bonds. The minimum atomic E-state index is -0.155. The second kappa shape index (κ2) is 5.91. The smallest absolute Gasteiger partial charge is 0.261 e. The summed E-state index contributed by atoms with van der Waals surface area (Å²) in [4.78, 5) is 23.8. The second-order valence-electron chi connectivity index (χ2n) is 6.20. The third kappa shape index (κ3) is 2.52. The Morgan fingerprint density at radius 1 is 1.05 bits per heavy atom. The van der Waals surface area contributed by atoms with Crippen LogP contribution in [-0.2, 0) is 0 Å². The van der Waals surface area contributed by atoms with Crippen molar-refractivity contribution in [2.75, 3.05) is 0 Å². The molecule has 0 radical (unpaired) electrons. The molecule has 1 heterocycles. The fraction of sp³-hybridized carbons (Fsp3) is 0.368. The van der Waals surface area contributed by atoms with Crippen LogP contribution in [0.25, 0.3) is 11.3 Å². The Bertz CT molecular complexity index is 767. The predicted octanol–water partition coefficient (Wildman–Crippen LogP) is 4.06. The number of carbonyl (C=O) groups is 1. The normalized spacial score (nSPS) is 15.2. The van der Waals surface area contributed by atoms with Crippen LogP contribution in [0.1, 0.15) is 53.2 Å². The van der Waals surface area contributed by atoms with Crippen molar-refractivity contribution < 1.29 is 4.79 Å². The van der Waals surface area contributed by atoms with Crippen molar-refractivity contribution in [3.63, 3.8) is 0 Å². The van der Waals surface area contributed by atoms with Gasteiger partial charge in [-0.05, 0) is 61.6 Å². The fourth-order valence-electron chi connectivity index (χ4n) is 3.32. The van der Waals surface area contributed by atoms with Gasteiger partial charge >= 0.3 is 0 Å². The molecule has 1 aliphatic rings. The van der Waals surface area contributed by atoms with Gasteiger partial charge < -0.3 is 4.57 Å². The number of aromatic nitrogens is 1. The molecule has 0 bridgehead atoms. The number of hydrogen-bond acceptors (Lipinski definition) is 2. The number of rotatable bonds is 3. The van der Waals surface area contributed by atoms with Crippen molar-refractivity contribution in [3.8, 4) is 11.3 Å². The largest absolute Gasteiger partial charge is 0.305 e. The SMILES string of the molecule is Cc1ccc(-c2ccc(C=O)c(=O)n2C2CCCC2)cc1C. The van der Waals surface area contributed by atoms with Gasteiger partial charge in [-0.15, -0.1) is 0 Å². The number of carbonyl (C=O) groups excluding carboxylic acids is 1. The number of aryl methyl sites for hydroxylation is 2. The molecule has 0 atom stereocenters. The number of hydrogen-bond donors (Lipinski definition) is 0. The van der Waals surface area contributed by atoms with Crippen molar-refractivity contribution in [3.05, 3.63) is 57.4 Å². The maximum absolute atomic E-state index is 12.7. The summed E-state index contributed by atoms with van der Waals surface area (Å²) in [6.07, 6.45) is 4.99. The van der Waals surface area contributed by atoms with Gasteiger partial charge in [0.2, 0.25) is 0 Å². The molecule has 1 aromatic carbocycles. The summed E-state index contributed by atoms with van der Waals surface area (Å²) >= 11 is 0. The molecular weight excluding hydrogens is 274 g/mol. The molecule has 1 aromatic heterocycles. The lowest BCUT2D eigenvalue weighted by Gasteiger charge is -2.20. The zero-order valence-corrected chi connectivity index (χ0v) is 13.1. The van der Waals surface area contributed by atoms with Gasteiger partial charge in [-0.1, -0.05) is 25.0 Å². The first kappa shape index (κ1) is 14.8. The quantitative estimate of drug-likeness (QED) is 0.801. The Balaban J connectivity index is 2.21. The van der Waals surface area contributed by atoms with E-state index in [1.807, 2.05) is 10.6 Å². The number of pyridine rings is 1. The van der Waals surface area contributed by atoms with Gasteiger partial charge in [0.05, 0.1) is 11.3 Å². The van der Waals surface area contributed by atoms with Gasteiger partial charge in [-0.25, -0.2) is 0 Å². The van der Waals surface area contributed by atoms with Crippen molar-refractivity contribution in [2.45, 2.75) is 45.6 Å². The highest BCUT2D eigenvalue weighted by Crippen LogP contribution is 2.32. The van der Waals surface area contributed by atoms with Gasteiger partial charge in [-0.2, -0.15) is 0 Å². The molecule has 0 unspecified atom stereocenters. The first-order chi connectivity index (χ1) is 10.6. The van der Waals surface area contributed by atoms with E-state index in [1.165, 1.54) is 11.1 Å². The Morgan fingerprint density at radius 2 is 1.77 bits per heavy atom. The molecule has 0 N–H and O–H groups in total. The molecule has 3 rings (SSSR count). The number of aldehydes is 1. The Morgan fingerprint density at radius 3 is 2.41 bits per heavy atom. The lowest BCUT2D eigenvalue weighted by atomic mass is 10.0. The van der Waals surface area contributed by atoms with E-state index in [9.17, 15) is 9.59 Å². The van der Waals surface area contributed by atoms with E-state index >= 15 is 0 Å². The van der Waals surface area contributed by atoms with Gasteiger partial charge in [0.1, 0.15) is 0 Å². The molecule has 3 nitrogen and oxygen atoms in total. The molecule has 1 fully saturated rings. The molecule has 22 heavy (non-hydrogen) atoms. The van der Waals surface area contributed by atoms with E-state index in [0.29, 0.717) is 6.29 Å². The zero-order valence-electron chi connectivity index (χ0n) is 13.1. The highest BCUT2D eigenvalue weighted by Gasteiger charge is 2.22. The van der Waals surface area contributed by atoms with E-state index < -0.39 is 0 Å². The average molecular weight is 295 g/mol. The summed E-state index contributed by atoms with van der Waals surface area (Å²) in [6.45, 7) is 4.16. The van der Waals surface area contributed by atoms with Crippen LogP contribution >= 0.6 is 0 Å². The molecule has 114 valence electrons. The van der Waals surface area contributed by atoms with E-state index in [-0.39, 0.29) is 17.2 Å². The van der Waals surface area contributed by atoms with Gasteiger partial charge in [0, 0.05) is 6.04 Å². The van der Waals surface area contributed by atoms with E-state index in [0.717, 1.165) is 36.9 Å². The third-order valence-electron chi connectivity index (χ3n) is 4.77. The molecule has 0 saturated heterocycles. The van der Waals surface area contributed by atoms with Crippen molar-refractivity contribution in [2.24, 2.45) is 0 Å². The van der Waals surface area contributed by atoms with Gasteiger partial charge in [-0.3, -0.25) is 9.59 Å². The number of benzene rings is 1. The highest BCUT2D eigenvalue weighted by atomic mass is 16.1. The molecule has 0 spiro atoms. The monoisotopic (exact) mass is 295 g/mol. The standard InChI is InChI=1S/C19H21NO2/c1-13-7-8-15(11-14(13)2)18-10-9-16(12-21)19(22)20(18)17-5-3-4-6-17/h7-12,17H,3-6H2,1-2H3. The van der Waals surface area contributed by atoms with Crippen LogP contribution in [0, 0.1) is 13.8 Å². The van der Waals surface area contributed by atoms with Crippen LogP contribution in [0.3, 0.4) is 0 Å². The highest BCUT2D eigenvalue weighted by molar-refractivity contribution is 5.75. The predicted molar refractivity (Wildman–Crippen MR) is 88.5 cm³/mol. The summed E-state index contributed by atoms with van der Waals surface area (Å²) in [7, 11) is 0. The van der Waals surface area contributed by atoms with Crippen LogP contribution < -0.4 is 5.56 Å². The second-order valence-corrected chi connectivity index (χ2v) is 6.20. The Labute approximate surface area is 130 Å². The van der Waals surface area contributed by atoms with E-state index in [2.05, 4.69) is 32.0 Å². The summed E-state index contributed by atoms with van der Waals surface area (Å²) < 4.78 is 1.85. The zero-order chi connectivity index (χ0) is 15.7. The maximum atomic E-state index is 12.7. The van der Waals surface area contributed by atoms with Crippen LogP contribution in [0.2, 0.25) is 0 Å². The minimum absolute atomic E-state index is 0.155. The van der Waals surface area contributed by atoms with Crippen molar-refractivity contribution in [1.29, 1.82) is 0 Å². The maximum Gasteiger partial charge on any atom is 0.261 e. The van der Waals surface area contributed by atoms with Crippen LogP contribution in [-0.4, -0.2) is 10.9 Å². The third-order valence-corrected chi connectivity index (χ3v) is 4.77. The molecule has 2 aromatic rings. The first-order valence-corrected chi connectivity index (χ1v) is 7.90. The minimum Gasteiger partial charge on any atom is -0.305 e. The first-order valence-electron chi connectivity index (χ1n) is 7.90. The van der Waals surface area contributed by atoms with Crippen molar-refractivity contribution >= 4 is 6.29 Å². The van der Waals surface area contributed by atoms with E-state index in [1.54, 1.807) is 6.07 Å². The van der Waals surface area contributed by atoms with Crippen LogP contribution in [0.15, 0.2) is 35.1 Å². The summed E-state index contributed by atoms with van der Waals surface area (Å²) in [5.74, 6) is 0. The Hall–Kier alpha value is -2.16. The van der Waals surface area contributed by atoms with Crippen molar-refractivity contribution in [1.82, 2.24) is 4.57 Å². The summed E-state index contributed by atoms with van der Waals surface area (Å²) in [5, 5.41) is 0. The molecule has 0 aliphatic heterocycles. The molecule has 3 heteroatoms. The van der Waals surface area contributed by atoms with Gasteiger partial charge in [0.15, 0.2) is 6.29 Å². The topological polar surface area (TPSA) is 39.1 Å². The molecular formula is C19H21NO2. The average Bonchev–Trinajstić information content (AvgIpc) is 3.03. The number of nitrogens with zero attached hydrogens (tertiary/aromatic N) is 1. The molecule has 1 aliphatic carbocycles. The Kier molecular flexibility index (Phi) is 3.97. The summed E-state index contributed by atoms with van der Waals surface area (Å²) in [6, 6.07) is 10.0. The van der Waals surface area contributed by atoms with E-state index in [4.69, 9.17) is 0 Å². The lowest BCUT2D eigenvalue weighted by molar-refractivity contribution is 0.112. The fourth-order valence-corrected chi connectivity index (χ4v) is 3.32. The lowest BCUT2D eigenvalue weighted by Crippen LogP contribution is -2.27. The van der Waals surface area contributed by atoms with Gasteiger partial charge in [0.25, 0.3) is 5.56 Å². The molecule has 1 saturated carbocycles. The summed E-state index contributed by atoms with van der Waals surface area (Å²) in [5.41, 5.74) is 4.51.